The maximum atomic E-state index is 12.1. The Balaban J connectivity index is 1.90. The van der Waals surface area contributed by atoms with Crippen molar-refractivity contribution < 1.29 is 14.3 Å². The van der Waals surface area contributed by atoms with E-state index in [-0.39, 0.29) is 17.9 Å². The minimum absolute atomic E-state index is 0.0140. The molecule has 0 spiro atoms. The van der Waals surface area contributed by atoms with E-state index >= 15 is 0 Å². The smallest absolute Gasteiger partial charge is 0.221 e. The third-order valence-electron chi connectivity index (χ3n) is 3.63. The van der Waals surface area contributed by atoms with Gasteiger partial charge in [-0.3, -0.25) is 4.79 Å². The van der Waals surface area contributed by atoms with Gasteiger partial charge in [-0.2, -0.15) is 0 Å². The van der Waals surface area contributed by atoms with Crippen molar-refractivity contribution in [3.63, 3.8) is 0 Å². The van der Waals surface area contributed by atoms with Crippen LogP contribution in [0.25, 0.3) is 0 Å². The molecular weight excluding hydrogens is 256 g/mol. The van der Waals surface area contributed by atoms with Crippen molar-refractivity contribution >= 4 is 11.6 Å². The summed E-state index contributed by atoms with van der Waals surface area (Å²) in [6, 6.07) is 7.94. The Morgan fingerprint density at radius 3 is 2.80 bits per heavy atom. The van der Waals surface area contributed by atoms with Crippen LogP contribution in [0.3, 0.4) is 0 Å². The topological polar surface area (TPSA) is 59.6 Å². The molecule has 0 aliphatic carbocycles. The standard InChI is InChI=1S/C15H22N2O3/c1-10(15(19-2)20-3)17-14(18)8-11-9-16-13-7-5-4-6-12(11)13/h4-7,10-11,15-16H,8-9H2,1-3H3,(H,17,18). The molecule has 0 aromatic heterocycles. The van der Waals surface area contributed by atoms with Gasteiger partial charge in [-0.15, -0.1) is 0 Å². The molecule has 2 N–H and O–H groups in total. The molecular formula is C15H22N2O3. The predicted octanol–water partition coefficient (Wildman–Crippen LogP) is 1.71. The molecule has 0 fully saturated rings. The first-order chi connectivity index (χ1) is 9.65. The van der Waals surface area contributed by atoms with E-state index < -0.39 is 6.29 Å². The highest BCUT2D eigenvalue weighted by Gasteiger charge is 2.25. The van der Waals surface area contributed by atoms with Crippen LogP contribution >= 0.6 is 0 Å². The van der Waals surface area contributed by atoms with Crippen LogP contribution in [0, 0.1) is 0 Å². The summed E-state index contributed by atoms with van der Waals surface area (Å²) in [4.78, 5) is 12.1. The highest BCUT2D eigenvalue weighted by molar-refractivity contribution is 5.78. The van der Waals surface area contributed by atoms with Crippen LogP contribution in [0.4, 0.5) is 5.69 Å². The normalized spacial score (nSPS) is 18.5. The number of carbonyl (C=O) groups is 1. The number of rotatable bonds is 6. The van der Waals surface area contributed by atoms with Gasteiger partial charge in [0, 0.05) is 38.8 Å². The predicted molar refractivity (Wildman–Crippen MR) is 77.7 cm³/mol. The number of hydrogen-bond donors (Lipinski definition) is 2. The van der Waals surface area contributed by atoms with Crippen molar-refractivity contribution in [1.82, 2.24) is 5.32 Å². The number of hydrogen-bond acceptors (Lipinski definition) is 4. The number of ether oxygens (including phenoxy) is 2. The lowest BCUT2D eigenvalue weighted by molar-refractivity contribution is -0.136. The van der Waals surface area contributed by atoms with Crippen molar-refractivity contribution in [2.24, 2.45) is 0 Å². The average Bonchev–Trinajstić information content (AvgIpc) is 2.83. The van der Waals surface area contributed by atoms with E-state index in [0.29, 0.717) is 6.42 Å². The van der Waals surface area contributed by atoms with Gasteiger partial charge < -0.3 is 20.1 Å². The van der Waals surface area contributed by atoms with Crippen LogP contribution in [0.1, 0.15) is 24.8 Å². The second-order valence-corrected chi connectivity index (χ2v) is 5.07. The van der Waals surface area contributed by atoms with E-state index in [9.17, 15) is 4.79 Å². The van der Waals surface area contributed by atoms with Crippen LogP contribution in [-0.4, -0.2) is 39.0 Å². The molecule has 2 rings (SSSR count). The van der Waals surface area contributed by atoms with Gasteiger partial charge in [0.15, 0.2) is 6.29 Å². The number of fused-ring (bicyclic) bond motifs is 1. The Morgan fingerprint density at radius 2 is 2.10 bits per heavy atom. The SMILES string of the molecule is COC(OC)C(C)NC(=O)CC1CNc2ccccc21. The molecule has 1 aromatic rings. The first-order valence-electron chi connectivity index (χ1n) is 6.83. The Labute approximate surface area is 119 Å². The van der Waals surface area contributed by atoms with Gasteiger partial charge in [0.2, 0.25) is 5.91 Å². The second-order valence-electron chi connectivity index (χ2n) is 5.07. The molecule has 0 saturated carbocycles. The summed E-state index contributed by atoms with van der Waals surface area (Å²) in [6.45, 7) is 2.68. The van der Waals surface area contributed by atoms with Crippen molar-refractivity contribution in [3.8, 4) is 0 Å². The summed E-state index contributed by atoms with van der Waals surface area (Å²) >= 11 is 0. The molecule has 1 aromatic carbocycles. The molecule has 0 radical (unpaired) electrons. The zero-order valence-corrected chi connectivity index (χ0v) is 12.2. The van der Waals surface area contributed by atoms with Crippen LogP contribution in [0.15, 0.2) is 24.3 Å². The van der Waals surface area contributed by atoms with Gasteiger partial charge in [-0.1, -0.05) is 18.2 Å². The monoisotopic (exact) mass is 278 g/mol. The molecule has 2 unspecified atom stereocenters. The first-order valence-corrected chi connectivity index (χ1v) is 6.83. The van der Waals surface area contributed by atoms with Gasteiger partial charge in [-0.25, -0.2) is 0 Å². The summed E-state index contributed by atoms with van der Waals surface area (Å²) in [5, 5.41) is 6.25. The summed E-state index contributed by atoms with van der Waals surface area (Å²) in [5.41, 5.74) is 2.34. The fourth-order valence-electron chi connectivity index (χ4n) is 2.65. The van der Waals surface area contributed by atoms with Gasteiger partial charge in [-0.05, 0) is 18.6 Å². The molecule has 1 amide bonds. The third kappa shape index (κ3) is 3.29. The zero-order valence-electron chi connectivity index (χ0n) is 12.2. The molecule has 0 bridgehead atoms. The Bertz CT molecular complexity index is 460. The van der Waals surface area contributed by atoms with Gasteiger partial charge >= 0.3 is 0 Å². The van der Waals surface area contributed by atoms with E-state index in [1.807, 2.05) is 25.1 Å². The molecule has 2 atom stereocenters. The Hall–Kier alpha value is -1.59. The molecule has 0 saturated heterocycles. The van der Waals surface area contributed by atoms with E-state index in [1.165, 1.54) is 5.56 Å². The van der Waals surface area contributed by atoms with Crippen LogP contribution in [-0.2, 0) is 14.3 Å². The number of anilines is 1. The number of carbonyl (C=O) groups excluding carboxylic acids is 1. The van der Waals surface area contributed by atoms with Gasteiger partial charge in [0.25, 0.3) is 0 Å². The fraction of sp³-hybridized carbons (Fsp3) is 0.533. The summed E-state index contributed by atoms with van der Waals surface area (Å²) in [7, 11) is 3.13. The lowest BCUT2D eigenvalue weighted by atomic mass is 9.97. The largest absolute Gasteiger partial charge is 0.384 e. The molecule has 5 nitrogen and oxygen atoms in total. The minimum Gasteiger partial charge on any atom is -0.384 e. The summed E-state index contributed by atoms with van der Waals surface area (Å²) in [5.74, 6) is 0.238. The van der Waals surface area contributed by atoms with Crippen molar-refractivity contribution in [2.75, 3.05) is 26.1 Å². The highest BCUT2D eigenvalue weighted by atomic mass is 16.7. The number of methoxy groups -OCH3 is 2. The lowest BCUT2D eigenvalue weighted by Crippen LogP contribution is -2.43. The number of para-hydroxylation sites is 1. The number of amides is 1. The van der Waals surface area contributed by atoms with E-state index in [4.69, 9.17) is 9.47 Å². The van der Waals surface area contributed by atoms with Gasteiger partial charge in [0.05, 0.1) is 6.04 Å². The van der Waals surface area contributed by atoms with Crippen LogP contribution < -0.4 is 10.6 Å². The van der Waals surface area contributed by atoms with Crippen molar-refractivity contribution in [3.05, 3.63) is 29.8 Å². The molecule has 1 heterocycles. The Morgan fingerprint density at radius 1 is 1.40 bits per heavy atom. The zero-order chi connectivity index (χ0) is 14.5. The molecule has 5 heteroatoms. The molecule has 1 aliphatic heterocycles. The maximum absolute atomic E-state index is 12.1. The lowest BCUT2D eigenvalue weighted by Gasteiger charge is -2.22. The first kappa shape index (κ1) is 14.8. The van der Waals surface area contributed by atoms with Crippen LogP contribution in [0.5, 0.6) is 0 Å². The van der Waals surface area contributed by atoms with E-state index in [1.54, 1.807) is 14.2 Å². The summed E-state index contributed by atoms with van der Waals surface area (Å²) in [6.07, 6.45) is 0.0436. The quantitative estimate of drug-likeness (QED) is 0.778. The van der Waals surface area contributed by atoms with Crippen molar-refractivity contribution in [2.45, 2.75) is 31.6 Å². The third-order valence-corrected chi connectivity index (χ3v) is 3.63. The summed E-state index contributed by atoms with van der Waals surface area (Å²) < 4.78 is 10.3. The minimum atomic E-state index is -0.423. The van der Waals surface area contributed by atoms with E-state index in [2.05, 4.69) is 16.7 Å². The maximum Gasteiger partial charge on any atom is 0.221 e. The highest BCUT2D eigenvalue weighted by Crippen LogP contribution is 2.33. The van der Waals surface area contributed by atoms with Crippen molar-refractivity contribution in [1.29, 1.82) is 0 Å². The molecule has 1 aliphatic rings. The van der Waals surface area contributed by atoms with Gasteiger partial charge in [0.1, 0.15) is 0 Å². The van der Waals surface area contributed by atoms with E-state index in [0.717, 1.165) is 12.2 Å². The Kier molecular flexibility index (Phi) is 4.98. The number of nitrogens with one attached hydrogen (secondary N) is 2. The second kappa shape index (κ2) is 6.72. The molecule has 20 heavy (non-hydrogen) atoms. The fourth-order valence-corrected chi connectivity index (χ4v) is 2.65. The number of benzene rings is 1. The molecule has 110 valence electrons. The average molecular weight is 278 g/mol. The van der Waals surface area contributed by atoms with Crippen LogP contribution in [0.2, 0.25) is 0 Å².